The minimum absolute atomic E-state index is 0.121. The molecule has 12 rings (SSSR count). The second-order valence-corrected chi connectivity index (χ2v) is 16.5. The summed E-state index contributed by atoms with van der Waals surface area (Å²) < 4.78 is 6.65. The first-order valence-corrected chi connectivity index (χ1v) is 20.5. The number of para-hydroxylation sites is 2. The van der Waals surface area contributed by atoms with Gasteiger partial charge in [-0.25, -0.2) is 0 Å². The van der Waals surface area contributed by atoms with Crippen molar-refractivity contribution in [2.24, 2.45) is 0 Å². The van der Waals surface area contributed by atoms with Crippen LogP contribution in [0.3, 0.4) is 0 Å². The Labute approximate surface area is 343 Å². The van der Waals surface area contributed by atoms with Gasteiger partial charge in [-0.15, -0.1) is 0 Å². The third-order valence-corrected chi connectivity index (χ3v) is 12.9. The first-order valence-electron chi connectivity index (χ1n) is 20.5. The quantitative estimate of drug-likeness (QED) is 0.163. The molecule has 11 aromatic rings. The van der Waals surface area contributed by atoms with E-state index in [0.29, 0.717) is 0 Å². The highest BCUT2D eigenvalue weighted by Crippen LogP contribution is 2.51. The van der Waals surface area contributed by atoms with E-state index in [4.69, 9.17) is 4.42 Å². The van der Waals surface area contributed by atoms with Gasteiger partial charge in [0.25, 0.3) is 0 Å². The van der Waals surface area contributed by atoms with Crippen molar-refractivity contribution in [2.45, 2.75) is 19.3 Å². The van der Waals surface area contributed by atoms with Crippen LogP contribution < -0.4 is 4.90 Å². The number of hydrogen-bond donors (Lipinski definition) is 0. The Morgan fingerprint density at radius 1 is 0.356 bits per heavy atom. The Bertz CT molecular complexity index is 3430. The summed E-state index contributed by atoms with van der Waals surface area (Å²) in [5.74, 6) is 0. The van der Waals surface area contributed by atoms with Crippen molar-refractivity contribution in [2.75, 3.05) is 4.90 Å². The molecule has 0 unspecified atom stereocenters. The zero-order chi connectivity index (χ0) is 39.2. The molecule has 0 N–H and O–H groups in total. The van der Waals surface area contributed by atoms with Crippen LogP contribution in [-0.2, 0) is 5.41 Å². The number of rotatable bonds is 5. The normalized spacial score (nSPS) is 13.1. The fourth-order valence-corrected chi connectivity index (χ4v) is 9.91. The number of hydrogen-bond acceptors (Lipinski definition) is 2. The standard InChI is InChI=1S/C57H39NO/c1-57(2)52-19-9-7-16-47(52)48-33-31-41(35-53(48)57)58(54-20-11-18-50-49-17-8-10-21-55(49)59-56(50)54)40-29-26-37(27-30-40)36-22-24-38(25-23-36)39-28-32-46-44-14-4-3-12-42(44)43-13-5-6-15-45(43)51(46)34-39/h3-35H,1-2H3. The van der Waals surface area contributed by atoms with E-state index in [1.807, 2.05) is 6.07 Å². The number of benzene rings is 10. The highest BCUT2D eigenvalue weighted by atomic mass is 16.3. The Balaban J connectivity index is 0.936. The summed E-state index contributed by atoms with van der Waals surface area (Å²) in [6, 6.07) is 73.1. The summed E-state index contributed by atoms with van der Waals surface area (Å²) >= 11 is 0. The molecule has 59 heavy (non-hydrogen) atoms. The van der Waals surface area contributed by atoms with Crippen molar-refractivity contribution in [3.63, 3.8) is 0 Å². The highest BCUT2D eigenvalue weighted by molar-refractivity contribution is 6.25. The van der Waals surface area contributed by atoms with Crippen molar-refractivity contribution in [3.8, 4) is 33.4 Å². The molecule has 0 amide bonds. The lowest BCUT2D eigenvalue weighted by Crippen LogP contribution is -2.16. The van der Waals surface area contributed by atoms with Gasteiger partial charge in [0.15, 0.2) is 5.58 Å². The number of anilines is 3. The molecule has 278 valence electrons. The second-order valence-electron chi connectivity index (χ2n) is 16.5. The van der Waals surface area contributed by atoms with E-state index in [2.05, 4.69) is 213 Å². The van der Waals surface area contributed by atoms with E-state index in [1.54, 1.807) is 0 Å². The third-order valence-electron chi connectivity index (χ3n) is 12.9. The summed E-state index contributed by atoms with van der Waals surface area (Å²) in [7, 11) is 0. The molecule has 0 atom stereocenters. The summed E-state index contributed by atoms with van der Waals surface area (Å²) in [5, 5.41) is 10.0. The molecule has 2 heteroatoms. The van der Waals surface area contributed by atoms with E-state index in [0.717, 1.165) is 39.0 Å². The molecule has 0 saturated heterocycles. The monoisotopic (exact) mass is 753 g/mol. The zero-order valence-corrected chi connectivity index (χ0v) is 32.9. The van der Waals surface area contributed by atoms with Crippen LogP contribution in [0.25, 0.3) is 87.6 Å². The van der Waals surface area contributed by atoms with E-state index >= 15 is 0 Å². The van der Waals surface area contributed by atoms with Crippen molar-refractivity contribution < 1.29 is 4.42 Å². The third kappa shape index (κ3) is 5.13. The summed E-state index contributed by atoms with van der Waals surface area (Å²) in [5.41, 5.74) is 15.0. The van der Waals surface area contributed by atoms with Crippen LogP contribution >= 0.6 is 0 Å². The topological polar surface area (TPSA) is 16.4 Å². The summed E-state index contributed by atoms with van der Waals surface area (Å²) in [6.45, 7) is 4.69. The van der Waals surface area contributed by atoms with Crippen molar-refractivity contribution in [3.05, 3.63) is 211 Å². The van der Waals surface area contributed by atoms with Crippen LogP contribution in [0.15, 0.2) is 205 Å². The maximum atomic E-state index is 6.65. The lowest BCUT2D eigenvalue weighted by atomic mass is 9.82. The molecule has 0 fully saturated rings. The van der Waals surface area contributed by atoms with Gasteiger partial charge in [0.1, 0.15) is 5.58 Å². The molecule has 10 aromatic carbocycles. The average molecular weight is 754 g/mol. The molecule has 0 aliphatic heterocycles. The van der Waals surface area contributed by atoms with E-state index in [-0.39, 0.29) is 5.41 Å². The Hall–Kier alpha value is -7.42. The molecule has 1 heterocycles. The Morgan fingerprint density at radius 2 is 0.864 bits per heavy atom. The van der Waals surface area contributed by atoms with Gasteiger partial charge in [0.2, 0.25) is 0 Å². The van der Waals surface area contributed by atoms with Crippen molar-refractivity contribution in [1.29, 1.82) is 0 Å². The van der Waals surface area contributed by atoms with E-state index in [9.17, 15) is 0 Å². The predicted molar refractivity (Wildman–Crippen MR) is 249 cm³/mol. The van der Waals surface area contributed by atoms with E-state index < -0.39 is 0 Å². The largest absolute Gasteiger partial charge is 0.454 e. The minimum atomic E-state index is -0.121. The van der Waals surface area contributed by atoms with Gasteiger partial charge in [0, 0.05) is 27.6 Å². The summed E-state index contributed by atoms with van der Waals surface area (Å²) in [6.07, 6.45) is 0. The highest BCUT2D eigenvalue weighted by Gasteiger charge is 2.36. The van der Waals surface area contributed by atoms with Crippen LogP contribution in [0.1, 0.15) is 25.0 Å². The maximum absolute atomic E-state index is 6.65. The smallest absolute Gasteiger partial charge is 0.159 e. The predicted octanol–water partition coefficient (Wildman–Crippen LogP) is 16.2. The molecule has 0 spiro atoms. The fourth-order valence-electron chi connectivity index (χ4n) is 9.91. The molecule has 1 aliphatic rings. The zero-order valence-electron chi connectivity index (χ0n) is 32.9. The van der Waals surface area contributed by atoms with Crippen molar-refractivity contribution >= 4 is 71.3 Å². The SMILES string of the molecule is CC1(C)c2ccccc2-c2ccc(N(c3ccc(-c4ccc(-c5ccc6c7ccccc7c7ccccc7c6c5)cc4)cc3)c3cccc4c3oc3ccccc34)cc21. The number of fused-ring (bicyclic) bond motifs is 12. The molecular formula is C57H39NO. The van der Waals surface area contributed by atoms with Gasteiger partial charge >= 0.3 is 0 Å². The minimum Gasteiger partial charge on any atom is -0.454 e. The lowest BCUT2D eigenvalue weighted by Gasteiger charge is -2.28. The van der Waals surface area contributed by atoms with Crippen LogP contribution in [0.5, 0.6) is 0 Å². The molecule has 2 nitrogen and oxygen atoms in total. The van der Waals surface area contributed by atoms with Crippen LogP contribution in [0.4, 0.5) is 17.1 Å². The van der Waals surface area contributed by atoms with Gasteiger partial charge in [0.05, 0.1) is 5.69 Å². The molecule has 0 bridgehead atoms. The van der Waals surface area contributed by atoms with Crippen LogP contribution in [0.2, 0.25) is 0 Å². The van der Waals surface area contributed by atoms with Crippen molar-refractivity contribution in [1.82, 2.24) is 0 Å². The average Bonchev–Trinajstić information content (AvgIpc) is 3.79. The molecule has 0 saturated carbocycles. The van der Waals surface area contributed by atoms with Gasteiger partial charge < -0.3 is 9.32 Å². The van der Waals surface area contributed by atoms with E-state index in [1.165, 1.54) is 76.8 Å². The molecular weight excluding hydrogens is 715 g/mol. The number of furan rings is 1. The first-order chi connectivity index (χ1) is 29.0. The molecule has 0 radical (unpaired) electrons. The maximum Gasteiger partial charge on any atom is 0.159 e. The van der Waals surface area contributed by atoms with Gasteiger partial charge in [-0.05, 0) is 119 Å². The van der Waals surface area contributed by atoms with Crippen LogP contribution in [0, 0.1) is 0 Å². The lowest BCUT2D eigenvalue weighted by molar-refractivity contribution is 0.660. The van der Waals surface area contributed by atoms with Gasteiger partial charge in [-0.2, -0.15) is 0 Å². The number of nitrogens with zero attached hydrogens (tertiary/aromatic N) is 1. The fraction of sp³-hybridized carbons (Fsp3) is 0.0526. The van der Waals surface area contributed by atoms with Gasteiger partial charge in [-0.1, -0.05) is 172 Å². The van der Waals surface area contributed by atoms with Crippen LogP contribution in [-0.4, -0.2) is 0 Å². The molecule has 1 aliphatic carbocycles. The summed E-state index contributed by atoms with van der Waals surface area (Å²) in [4.78, 5) is 2.36. The Morgan fingerprint density at radius 3 is 1.58 bits per heavy atom. The van der Waals surface area contributed by atoms with Gasteiger partial charge in [-0.3, -0.25) is 0 Å². The molecule has 1 aromatic heterocycles. The first kappa shape index (κ1) is 33.7. The Kier molecular flexibility index (Phi) is 7.31. The second kappa shape index (κ2) is 12.8.